The first-order chi connectivity index (χ1) is 17.2. The third-order valence-electron chi connectivity index (χ3n) is 9.56. The molecular formula is C29H35F3N2O2. The largest absolute Gasteiger partial charge is 0.508 e. The Morgan fingerprint density at radius 1 is 0.972 bits per heavy atom. The Hall–Kier alpha value is -2.09. The predicted molar refractivity (Wildman–Crippen MR) is 132 cm³/mol. The molecule has 2 bridgehead atoms. The highest BCUT2D eigenvalue weighted by molar-refractivity contribution is 5.48. The number of benzene rings is 2. The molecule has 36 heavy (non-hydrogen) atoms. The van der Waals surface area contributed by atoms with Gasteiger partial charge < -0.3 is 15.1 Å². The number of nitrogens with zero attached hydrogens (tertiary/aromatic N) is 2. The zero-order valence-electron chi connectivity index (χ0n) is 20.6. The number of piperidine rings is 1. The molecule has 2 aromatic carbocycles. The van der Waals surface area contributed by atoms with E-state index >= 15 is 0 Å². The monoisotopic (exact) mass is 500 g/mol. The molecule has 2 heterocycles. The Labute approximate surface area is 210 Å². The lowest BCUT2D eigenvalue weighted by molar-refractivity contribution is -0.155. The molecule has 6 rings (SSSR count). The second kappa shape index (κ2) is 8.74. The van der Waals surface area contributed by atoms with Crippen LogP contribution < -0.4 is 0 Å². The van der Waals surface area contributed by atoms with E-state index in [2.05, 4.69) is 4.90 Å². The number of hydrogen-bond donors (Lipinski definition) is 2. The van der Waals surface area contributed by atoms with Crippen LogP contribution in [0.4, 0.5) is 13.2 Å². The lowest BCUT2D eigenvalue weighted by atomic mass is 9.52. The number of likely N-dealkylation sites (tertiary alicyclic amines) is 2. The maximum absolute atomic E-state index is 14.2. The third kappa shape index (κ3) is 4.04. The fourth-order valence-corrected chi connectivity index (χ4v) is 7.44. The minimum atomic E-state index is -4.34. The Morgan fingerprint density at radius 2 is 1.69 bits per heavy atom. The van der Waals surface area contributed by atoms with Crippen LogP contribution in [0.3, 0.4) is 0 Å². The smallest absolute Gasteiger partial charge is 0.396 e. The van der Waals surface area contributed by atoms with Crippen molar-refractivity contribution in [3.63, 3.8) is 0 Å². The van der Waals surface area contributed by atoms with Gasteiger partial charge in [0.1, 0.15) is 5.75 Å². The van der Waals surface area contributed by atoms with E-state index in [4.69, 9.17) is 0 Å². The number of alkyl halides is 3. The summed E-state index contributed by atoms with van der Waals surface area (Å²) >= 11 is 0. The molecule has 0 amide bonds. The summed E-state index contributed by atoms with van der Waals surface area (Å²) in [5.74, 6) is -0.678. The SMILES string of the molecule is Oc1ccc2c(c1)[C@@]13CCN(CC(c4ccccc4)C(F)(F)F)CC[C@@]1(O)[C@@H](C2)N(CC1CC1)CC3. The molecule has 0 radical (unpaired) electrons. The van der Waals surface area contributed by atoms with Crippen LogP contribution in [-0.2, 0) is 11.8 Å². The van der Waals surface area contributed by atoms with E-state index in [1.54, 1.807) is 36.4 Å². The predicted octanol–water partition coefficient (Wildman–Crippen LogP) is 4.84. The molecule has 3 fully saturated rings. The van der Waals surface area contributed by atoms with Gasteiger partial charge in [0, 0.05) is 31.1 Å². The van der Waals surface area contributed by atoms with Crippen molar-refractivity contribution in [1.82, 2.24) is 9.80 Å². The van der Waals surface area contributed by atoms with Crippen molar-refractivity contribution in [1.29, 1.82) is 0 Å². The second-order valence-electron chi connectivity index (χ2n) is 11.6. The van der Waals surface area contributed by atoms with Crippen molar-refractivity contribution in [2.45, 2.75) is 67.7 Å². The van der Waals surface area contributed by atoms with Gasteiger partial charge in [-0.1, -0.05) is 36.4 Å². The normalized spacial score (nSPS) is 31.8. The maximum Gasteiger partial charge on any atom is 0.396 e. The lowest BCUT2D eigenvalue weighted by Crippen LogP contribution is -2.71. The summed E-state index contributed by atoms with van der Waals surface area (Å²) in [5.41, 5.74) is 0.863. The van der Waals surface area contributed by atoms with Gasteiger partial charge in [0.15, 0.2) is 0 Å². The number of aliphatic hydroxyl groups is 1. The number of fused-ring (bicyclic) bond motifs is 1. The zero-order chi connectivity index (χ0) is 25.1. The van der Waals surface area contributed by atoms with E-state index in [0.29, 0.717) is 31.8 Å². The van der Waals surface area contributed by atoms with Gasteiger partial charge in [0.2, 0.25) is 0 Å². The average molecular weight is 501 g/mol. The van der Waals surface area contributed by atoms with E-state index in [1.807, 2.05) is 17.0 Å². The quantitative estimate of drug-likeness (QED) is 0.617. The average Bonchev–Trinajstić information content (AvgIpc) is 3.67. The van der Waals surface area contributed by atoms with E-state index < -0.39 is 23.1 Å². The van der Waals surface area contributed by atoms with Gasteiger partial charge in [-0.2, -0.15) is 13.2 Å². The second-order valence-corrected chi connectivity index (χ2v) is 11.6. The van der Waals surface area contributed by atoms with Crippen molar-refractivity contribution in [2.75, 3.05) is 32.7 Å². The molecule has 4 nitrogen and oxygen atoms in total. The molecule has 2 N–H and O–H groups in total. The van der Waals surface area contributed by atoms with E-state index in [9.17, 15) is 23.4 Å². The van der Waals surface area contributed by atoms with Gasteiger partial charge in [-0.15, -0.1) is 0 Å². The van der Waals surface area contributed by atoms with Gasteiger partial charge in [0.25, 0.3) is 0 Å². The van der Waals surface area contributed by atoms with Crippen molar-refractivity contribution >= 4 is 0 Å². The van der Waals surface area contributed by atoms with Gasteiger partial charge >= 0.3 is 6.18 Å². The van der Waals surface area contributed by atoms with Crippen LogP contribution in [0, 0.1) is 5.92 Å². The maximum atomic E-state index is 14.2. The molecule has 1 saturated carbocycles. The number of halogens is 3. The van der Waals surface area contributed by atoms with E-state index in [-0.39, 0.29) is 23.9 Å². The topological polar surface area (TPSA) is 46.9 Å². The van der Waals surface area contributed by atoms with Crippen LogP contribution in [0.25, 0.3) is 0 Å². The Morgan fingerprint density at radius 3 is 2.42 bits per heavy atom. The number of hydrogen-bond acceptors (Lipinski definition) is 4. The summed E-state index contributed by atoms with van der Waals surface area (Å²) in [6, 6.07) is 13.6. The molecule has 4 atom stereocenters. The Bertz CT molecular complexity index is 1110. The highest BCUT2D eigenvalue weighted by Gasteiger charge is 2.63. The van der Waals surface area contributed by atoms with Crippen LogP contribution in [0.2, 0.25) is 0 Å². The molecular weight excluding hydrogens is 465 g/mol. The molecule has 2 saturated heterocycles. The van der Waals surface area contributed by atoms with Crippen LogP contribution in [0.1, 0.15) is 54.7 Å². The van der Waals surface area contributed by atoms with Crippen LogP contribution in [0.15, 0.2) is 48.5 Å². The molecule has 2 aromatic rings. The van der Waals surface area contributed by atoms with Crippen LogP contribution in [0.5, 0.6) is 5.75 Å². The van der Waals surface area contributed by atoms with Crippen molar-refractivity contribution < 1.29 is 23.4 Å². The Balaban J connectivity index is 1.34. The molecule has 0 spiro atoms. The van der Waals surface area contributed by atoms with Crippen molar-refractivity contribution in [2.24, 2.45) is 5.92 Å². The van der Waals surface area contributed by atoms with Gasteiger partial charge in [-0.25, -0.2) is 0 Å². The minimum absolute atomic E-state index is 0.0450. The zero-order valence-corrected chi connectivity index (χ0v) is 20.6. The summed E-state index contributed by atoms with van der Waals surface area (Å²) in [4.78, 5) is 4.38. The highest BCUT2D eigenvalue weighted by Crippen LogP contribution is 2.57. The highest BCUT2D eigenvalue weighted by atomic mass is 19.4. The first-order valence-electron chi connectivity index (χ1n) is 13.3. The van der Waals surface area contributed by atoms with Gasteiger partial charge in [0.05, 0.1) is 11.5 Å². The molecule has 7 heteroatoms. The van der Waals surface area contributed by atoms with Crippen LogP contribution >= 0.6 is 0 Å². The molecule has 0 aromatic heterocycles. The fraction of sp³-hybridized carbons (Fsp3) is 0.586. The van der Waals surface area contributed by atoms with Crippen molar-refractivity contribution in [3.05, 3.63) is 65.2 Å². The number of rotatable bonds is 5. The fourth-order valence-electron chi connectivity index (χ4n) is 7.44. The van der Waals surface area contributed by atoms with Crippen molar-refractivity contribution in [3.8, 4) is 5.75 Å². The third-order valence-corrected chi connectivity index (χ3v) is 9.56. The molecule has 194 valence electrons. The molecule has 2 aliphatic heterocycles. The summed E-state index contributed by atoms with van der Waals surface area (Å²) in [7, 11) is 0. The van der Waals surface area contributed by atoms with E-state index in [1.165, 1.54) is 12.8 Å². The van der Waals surface area contributed by atoms with Gasteiger partial charge in [-0.05, 0) is 86.4 Å². The summed E-state index contributed by atoms with van der Waals surface area (Å²) < 4.78 is 42.5. The number of phenols is 1. The lowest BCUT2D eigenvalue weighted by Gasteiger charge is -2.61. The molecule has 2 aliphatic carbocycles. The number of aromatic hydroxyl groups is 1. The van der Waals surface area contributed by atoms with Gasteiger partial charge in [-0.3, -0.25) is 4.90 Å². The summed E-state index contributed by atoms with van der Waals surface area (Å²) in [6.45, 7) is 2.69. The first kappa shape index (κ1) is 24.3. The number of phenolic OH excluding ortho intramolecular Hbond substituents is 1. The standard InChI is InChI=1S/C29H35F3N2O2/c30-29(31,32)25(21-4-2-1-3-5-21)19-33-13-10-27-11-15-34(18-20-6-7-20)26(28(27,36)12-14-33)16-22-8-9-23(35)17-24(22)27/h1-5,8-9,17,20,25-26,35-36H,6-7,10-16,18-19H2/t25?,26-,27+,28-/m1/s1. The molecule has 1 unspecified atom stereocenters. The van der Waals surface area contributed by atoms with Crippen LogP contribution in [-0.4, -0.2) is 70.6 Å². The summed E-state index contributed by atoms with van der Waals surface area (Å²) in [5, 5.41) is 22.9. The minimum Gasteiger partial charge on any atom is -0.508 e. The van der Waals surface area contributed by atoms with E-state index in [0.717, 1.165) is 37.1 Å². The molecule has 4 aliphatic rings. The summed E-state index contributed by atoms with van der Waals surface area (Å²) in [6.07, 6.45) is 0.645. The Kier molecular flexibility index (Phi) is 5.89. The first-order valence-corrected chi connectivity index (χ1v) is 13.3.